The Morgan fingerprint density at radius 1 is 0.848 bits per heavy atom. The summed E-state index contributed by atoms with van der Waals surface area (Å²) in [5.74, 6) is -0.533. The Morgan fingerprint density at radius 2 is 1.45 bits per heavy atom. The lowest BCUT2D eigenvalue weighted by Gasteiger charge is -2.24. The highest BCUT2D eigenvalue weighted by atomic mass is 32.2. The number of amides is 2. The molecule has 1 fully saturated rings. The molecule has 0 unspecified atom stereocenters. The number of nitrogens with one attached hydrogen (secondary N) is 1. The minimum atomic E-state index is -0.641. The lowest BCUT2D eigenvalue weighted by molar-refractivity contribution is -0.121. The molecule has 0 aliphatic carbocycles. The van der Waals surface area contributed by atoms with Gasteiger partial charge in [-0.1, -0.05) is 90.6 Å². The Bertz CT molecular complexity index is 1210. The molecule has 0 bridgehead atoms. The number of thioether (sulfide) groups is 1. The van der Waals surface area contributed by atoms with Crippen LogP contribution >= 0.6 is 11.8 Å². The standard InChI is InChI=1S/C26H22N4O2S/c27-26(33-23-17-24(31)29(25(23)32)20-14-8-3-9-15-20)30-22(19-12-6-2-7-13-19)16-21(28-30)18-10-4-1-5-11-18/h1-15,22-23,27H,16-17H2/t22-,23-/m1/s1. The van der Waals surface area contributed by atoms with Crippen LogP contribution in [0, 0.1) is 5.41 Å². The number of imide groups is 1. The van der Waals surface area contributed by atoms with E-state index >= 15 is 0 Å². The Balaban J connectivity index is 1.39. The molecule has 3 aromatic rings. The van der Waals surface area contributed by atoms with Crippen molar-refractivity contribution in [1.29, 1.82) is 5.41 Å². The number of carbonyl (C=O) groups is 2. The fourth-order valence-corrected chi connectivity index (χ4v) is 5.15. The largest absolute Gasteiger partial charge is 0.277 e. The second kappa shape index (κ2) is 9.03. The molecule has 0 spiro atoms. The quantitative estimate of drug-likeness (QED) is 0.348. The molecule has 2 aliphatic rings. The highest BCUT2D eigenvalue weighted by molar-refractivity contribution is 8.14. The van der Waals surface area contributed by atoms with Gasteiger partial charge in [-0.15, -0.1) is 0 Å². The molecule has 0 saturated carbocycles. The van der Waals surface area contributed by atoms with Crippen molar-refractivity contribution in [2.75, 3.05) is 4.90 Å². The van der Waals surface area contributed by atoms with Crippen molar-refractivity contribution in [3.8, 4) is 0 Å². The summed E-state index contributed by atoms with van der Waals surface area (Å²) in [6.45, 7) is 0. The second-order valence-electron chi connectivity index (χ2n) is 7.91. The number of benzene rings is 3. The summed E-state index contributed by atoms with van der Waals surface area (Å²) < 4.78 is 0. The van der Waals surface area contributed by atoms with Crippen LogP contribution in [0.5, 0.6) is 0 Å². The van der Waals surface area contributed by atoms with E-state index in [9.17, 15) is 9.59 Å². The summed E-state index contributed by atoms with van der Waals surface area (Å²) in [6.07, 6.45) is 0.727. The van der Waals surface area contributed by atoms with Crippen LogP contribution in [0.4, 0.5) is 5.69 Å². The molecule has 2 aliphatic heterocycles. The average molecular weight is 455 g/mol. The molecule has 2 atom stereocenters. The normalized spacial score (nSPS) is 20.3. The minimum absolute atomic E-state index is 0.0693. The smallest absolute Gasteiger partial charge is 0.247 e. The first-order valence-corrected chi connectivity index (χ1v) is 11.6. The molecule has 164 valence electrons. The van der Waals surface area contributed by atoms with Gasteiger partial charge in [0.1, 0.15) is 5.25 Å². The minimum Gasteiger partial charge on any atom is -0.277 e. The van der Waals surface area contributed by atoms with E-state index in [1.807, 2.05) is 66.7 Å². The highest BCUT2D eigenvalue weighted by Crippen LogP contribution is 2.37. The second-order valence-corrected chi connectivity index (χ2v) is 9.10. The molecule has 3 aromatic carbocycles. The monoisotopic (exact) mass is 454 g/mol. The van der Waals surface area contributed by atoms with Gasteiger partial charge in [0, 0.05) is 12.8 Å². The summed E-state index contributed by atoms with van der Waals surface area (Å²) >= 11 is 1.10. The first-order chi connectivity index (χ1) is 16.1. The predicted molar refractivity (Wildman–Crippen MR) is 131 cm³/mol. The molecular weight excluding hydrogens is 432 g/mol. The van der Waals surface area contributed by atoms with Crippen LogP contribution in [0.2, 0.25) is 0 Å². The van der Waals surface area contributed by atoms with E-state index in [2.05, 4.69) is 0 Å². The molecule has 0 radical (unpaired) electrons. The van der Waals surface area contributed by atoms with Crippen LogP contribution in [0.3, 0.4) is 0 Å². The van der Waals surface area contributed by atoms with Crippen LogP contribution in [0.25, 0.3) is 0 Å². The molecule has 5 rings (SSSR count). The fraction of sp³-hybridized carbons (Fsp3) is 0.154. The van der Waals surface area contributed by atoms with Crippen LogP contribution in [-0.2, 0) is 9.59 Å². The summed E-state index contributed by atoms with van der Waals surface area (Å²) in [5, 5.41) is 14.8. The van der Waals surface area contributed by atoms with Crippen molar-refractivity contribution < 1.29 is 9.59 Å². The Hall–Kier alpha value is -3.71. The number of hydrogen-bond donors (Lipinski definition) is 1. The maximum Gasteiger partial charge on any atom is 0.247 e. The molecular formula is C26H22N4O2S. The maximum atomic E-state index is 13.0. The molecule has 6 nitrogen and oxygen atoms in total. The van der Waals surface area contributed by atoms with Crippen molar-refractivity contribution in [3.05, 3.63) is 102 Å². The molecule has 1 saturated heterocycles. The van der Waals surface area contributed by atoms with E-state index in [-0.39, 0.29) is 29.4 Å². The van der Waals surface area contributed by atoms with Crippen molar-refractivity contribution >= 4 is 40.1 Å². The molecule has 2 heterocycles. The van der Waals surface area contributed by atoms with E-state index in [1.165, 1.54) is 4.90 Å². The van der Waals surface area contributed by atoms with Gasteiger partial charge in [-0.3, -0.25) is 15.0 Å². The Morgan fingerprint density at radius 3 is 2.12 bits per heavy atom. The summed E-state index contributed by atoms with van der Waals surface area (Å²) in [6, 6.07) is 28.7. The third-order valence-corrected chi connectivity index (χ3v) is 6.85. The number of para-hydroxylation sites is 1. The van der Waals surface area contributed by atoms with Gasteiger partial charge in [-0.2, -0.15) is 5.10 Å². The number of carbonyl (C=O) groups excluding carboxylic acids is 2. The van der Waals surface area contributed by atoms with Crippen LogP contribution in [0.1, 0.15) is 30.0 Å². The third kappa shape index (κ3) is 4.19. The van der Waals surface area contributed by atoms with E-state index in [4.69, 9.17) is 10.5 Å². The van der Waals surface area contributed by atoms with Gasteiger partial charge in [0.05, 0.1) is 17.4 Å². The Kier molecular flexibility index (Phi) is 5.79. The topological polar surface area (TPSA) is 76.8 Å². The number of anilines is 1. The summed E-state index contributed by atoms with van der Waals surface area (Å²) in [4.78, 5) is 26.9. The van der Waals surface area contributed by atoms with Gasteiger partial charge in [0.15, 0.2) is 5.17 Å². The molecule has 1 N–H and O–H groups in total. The Labute approximate surface area is 196 Å². The van der Waals surface area contributed by atoms with Gasteiger partial charge < -0.3 is 0 Å². The number of hydrazone groups is 1. The number of rotatable bonds is 4. The zero-order valence-electron chi connectivity index (χ0n) is 17.8. The predicted octanol–water partition coefficient (Wildman–Crippen LogP) is 4.84. The van der Waals surface area contributed by atoms with Crippen molar-refractivity contribution in [1.82, 2.24) is 5.01 Å². The van der Waals surface area contributed by atoms with Crippen LogP contribution < -0.4 is 4.90 Å². The van der Waals surface area contributed by atoms with Gasteiger partial charge in [-0.25, -0.2) is 9.91 Å². The number of nitrogens with zero attached hydrogens (tertiary/aromatic N) is 3. The van der Waals surface area contributed by atoms with Gasteiger partial charge in [-0.05, 0) is 23.3 Å². The van der Waals surface area contributed by atoms with Crippen molar-refractivity contribution in [3.63, 3.8) is 0 Å². The lowest BCUT2D eigenvalue weighted by atomic mass is 9.99. The molecule has 0 aromatic heterocycles. The van der Waals surface area contributed by atoms with Crippen molar-refractivity contribution in [2.24, 2.45) is 5.10 Å². The maximum absolute atomic E-state index is 13.0. The van der Waals surface area contributed by atoms with Gasteiger partial charge >= 0.3 is 0 Å². The van der Waals surface area contributed by atoms with E-state index in [0.717, 1.165) is 28.6 Å². The van der Waals surface area contributed by atoms with Gasteiger partial charge in [0.25, 0.3) is 0 Å². The fourth-order valence-electron chi connectivity index (χ4n) is 4.17. The van der Waals surface area contributed by atoms with Crippen LogP contribution in [-0.4, -0.2) is 33.0 Å². The van der Waals surface area contributed by atoms with Crippen molar-refractivity contribution in [2.45, 2.75) is 24.1 Å². The molecule has 2 amide bonds. The summed E-state index contributed by atoms with van der Waals surface area (Å²) in [7, 11) is 0. The molecule has 7 heteroatoms. The highest BCUT2D eigenvalue weighted by Gasteiger charge is 2.42. The lowest BCUT2D eigenvalue weighted by Crippen LogP contribution is -2.32. The van der Waals surface area contributed by atoms with Crippen LogP contribution in [0.15, 0.2) is 96.1 Å². The number of amidine groups is 1. The average Bonchev–Trinajstić information content (AvgIpc) is 3.42. The van der Waals surface area contributed by atoms with E-state index in [1.54, 1.807) is 29.3 Å². The number of hydrogen-bond acceptors (Lipinski definition) is 5. The van der Waals surface area contributed by atoms with E-state index in [0.29, 0.717) is 12.1 Å². The first kappa shape index (κ1) is 21.2. The zero-order valence-corrected chi connectivity index (χ0v) is 18.6. The summed E-state index contributed by atoms with van der Waals surface area (Å²) in [5.41, 5.74) is 3.53. The first-order valence-electron chi connectivity index (χ1n) is 10.8. The molecule has 33 heavy (non-hydrogen) atoms. The van der Waals surface area contributed by atoms with Gasteiger partial charge in [0.2, 0.25) is 11.8 Å². The zero-order chi connectivity index (χ0) is 22.8. The SMILES string of the molecule is N=C(S[C@@H]1CC(=O)N(c2ccccc2)C1=O)N1N=C(c2ccccc2)C[C@@H]1c1ccccc1. The third-order valence-electron chi connectivity index (χ3n) is 5.78. The van der Waals surface area contributed by atoms with E-state index < -0.39 is 5.25 Å².